The summed E-state index contributed by atoms with van der Waals surface area (Å²) in [4.78, 5) is 25.3. The zero-order valence-electron chi connectivity index (χ0n) is 21.9. The number of nitrogens with one attached hydrogen (secondary N) is 1. The Morgan fingerprint density at radius 1 is 0.775 bits per heavy atom. The van der Waals surface area contributed by atoms with E-state index in [1.165, 1.54) is 6.07 Å². The Hall–Kier alpha value is -3.35. The molecule has 40 heavy (non-hydrogen) atoms. The maximum absolute atomic E-state index is 12.5. The van der Waals surface area contributed by atoms with E-state index in [2.05, 4.69) is 29.4 Å². The Morgan fingerprint density at radius 3 is 1.98 bits per heavy atom. The number of rotatable bonds is 6. The first-order valence-electron chi connectivity index (χ1n) is 12.8. The van der Waals surface area contributed by atoms with Crippen molar-refractivity contribution in [3.63, 3.8) is 0 Å². The summed E-state index contributed by atoms with van der Waals surface area (Å²) >= 11 is 16.7. The highest BCUT2D eigenvalue weighted by Gasteiger charge is 2.18. The van der Waals surface area contributed by atoms with Crippen molar-refractivity contribution in [2.45, 2.75) is 18.9 Å². The normalized spacial score (nSPS) is 13.6. The Balaban J connectivity index is 0.000000312. The number of halogens is 3. The molecule has 0 aliphatic carbocycles. The molecule has 1 aliphatic rings. The SMILES string of the molecule is CN1CCC(Oc2ccc(-c3cccc(NC(=O)c4cccc(Cl)c4)c3)cc2)CC1.O=C(Cl)c1cccc(Cl)c1. The van der Waals surface area contributed by atoms with Crippen LogP contribution in [0.4, 0.5) is 5.69 Å². The molecule has 0 aromatic heterocycles. The van der Waals surface area contributed by atoms with E-state index in [1.54, 1.807) is 42.5 Å². The molecule has 0 saturated carbocycles. The molecule has 206 valence electrons. The third-order valence-electron chi connectivity index (χ3n) is 6.41. The molecule has 1 heterocycles. The first-order chi connectivity index (χ1) is 19.3. The number of carbonyl (C=O) groups is 2. The van der Waals surface area contributed by atoms with Crippen LogP contribution < -0.4 is 10.1 Å². The van der Waals surface area contributed by atoms with Gasteiger partial charge in [0.25, 0.3) is 11.1 Å². The number of ether oxygens (including phenoxy) is 1. The molecule has 4 aromatic carbocycles. The lowest BCUT2D eigenvalue weighted by molar-refractivity contribution is 0.102. The Bertz CT molecular complexity index is 1450. The van der Waals surface area contributed by atoms with Gasteiger partial charge in [-0.1, -0.05) is 59.6 Å². The quantitative estimate of drug-likeness (QED) is 0.227. The first kappa shape index (κ1) is 29.6. The topological polar surface area (TPSA) is 58.6 Å². The highest BCUT2D eigenvalue weighted by atomic mass is 35.5. The van der Waals surface area contributed by atoms with Gasteiger partial charge >= 0.3 is 0 Å². The maximum atomic E-state index is 12.5. The van der Waals surface area contributed by atoms with E-state index in [1.807, 2.05) is 36.4 Å². The molecule has 5 nitrogen and oxygen atoms in total. The fourth-order valence-electron chi connectivity index (χ4n) is 4.24. The lowest BCUT2D eigenvalue weighted by Crippen LogP contribution is -2.35. The van der Waals surface area contributed by atoms with Crippen LogP contribution in [-0.4, -0.2) is 42.3 Å². The zero-order chi connectivity index (χ0) is 28.5. The molecule has 1 N–H and O–H groups in total. The minimum Gasteiger partial charge on any atom is -0.490 e. The number of benzene rings is 4. The second kappa shape index (κ2) is 14.3. The summed E-state index contributed by atoms with van der Waals surface area (Å²) in [5, 5.41) is 3.52. The largest absolute Gasteiger partial charge is 0.490 e. The van der Waals surface area contributed by atoms with Crippen LogP contribution in [0, 0.1) is 0 Å². The fourth-order valence-corrected chi connectivity index (χ4v) is 4.74. The van der Waals surface area contributed by atoms with Crippen molar-refractivity contribution in [2.24, 2.45) is 0 Å². The fraction of sp³-hybridized carbons (Fsp3) is 0.188. The second-order valence-corrected chi connectivity index (χ2v) is 10.7. The molecule has 1 aliphatic heterocycles. The van der Waals surface area contributed by atoms with Crippen molar-refractivity contribution < 1.29 is 14.3 Å². The van der Waals surface area contributed by atoms with E-state index in [9.17, 15) is 9.59 Å². The van der Waals surface area contributed by atoms with Crippen LogP contribution in [0.1, 0.15) is 33.6 Å². The summed E-state index contributed by atoms with van der Waals surface area (Å²) in [6.07, 6.45) is 2.41. The molecule has 8 heteroatoms. The van der Waals surface area contributed by atoms with Gasteiger partial charge in [-0.2, -0.15) is 0 Å². The van der Waals surface area contributed by atoms with Crippen molar-refractivity contribution >= 4 is 51.6 Å². The van der Waals surface area contributed by atoms with Crippen molar-refractivity contribution in [3.05, 3.63) is 118 Å². The molecule has 0 bridgehead atoms. The predicted octanol–water partition coefficient (Wildman–Crippen LogP) is 8.45. The first-order valence-corrected chi connectivity index (χ1v) is 14.0. The molecule has 1 saturated heterocycles. The molecule has 0 atom stereocenters. The summed E-state index contributed by atoms with van der Waals surface area (Å²) in [5.41, 5.74) is 3.80. The zero-order valence-corrected chi connectivity index (χ0v) is 24.2. The average Bonchev–Trinajstić information content (AvgIpc) is 2.95. The van der Waals surface area contributed by atoms with Crippen molar-refractivity contribution in [1.82, 2.24) is 4.90 Å². The molecule has 0 unspecified atom stereocenters. The summed E-state index contributed by atoms with van der Waals surface area (Å²) in [7, 11) is 2.15. The monoisotopic (exact) mass is 594 g/mol. The molecule has 0 spiro atoms. The van der Waals surface area contributed by atoms with Crippen LogP contribution in [0.5, 0.6) is 5.75 Å². The third kappa shape index (κ3) is 8.83. The molecular weight excluding hydrogens is 567 g/mol. The van der Waals surface area contributed by atoms with Crippen LogP contribution in [0.15, 0.2) is 97.1 Å². The number of nitrogens with zero attached hydrogens (tertiary/aromatic N) is 1. The molecule has 4 aromatic rings. The number of amides is 1. The Morgan fingerprint density at radius 2 is 1.38 bits per heavy atom. The van der Waals surface area contributed by atoms with Gasteiger partial charge in [0.2, 0.25) is 0 Å². The molecule has 1 amide bonds. The van der Waals surface area contributed by atoms with E-state index in [0.29, 0.717) is 21.2 Å². The van der Waals surface area contributed by atoms with Crippen molar-refractivity contribution in [2.75, 3.05) is 25.5 Å². The van der Waals surface area contributed by atoms with Gasteiger partial charge in [-0.05, 0) is 103 Å². The number of carbonyl (C=O) groups excluding carboxylic acids is 2. The highest BCUT2D eigenvalue weighted by molar-refractivity contribution is 6.67. The van der Waals surface area contributed by atoms with Gasteiger partial charge in [0.15, 0.2) is 0 Å². The molecule has 5 rings (SSSR count). The summed E-state index contributed by atoms with van der Waals surface area (Å²) < 4.78 is 6.14. The van der Waals surface area contributed by atoms with Crippen molar-refractivity contribution in [1.29, 1.82) is 0 Å². The number of likely N-dealkylation sites (tertiary alicyclic amines) is 1. The van der Waals surface area contributed by atoms with E-state index in [4.69, 9.17) is 39.5 Å². The van der Waals surface area contributed by atoms with Gasteiger partial charge < -0.3 is 15.0 Å². The summed E-state index contributed by atoms with van der Waals surface area (Å²) in [5.74, 6) is 0.718. The minimum atomic E-state index is -0.484. The maximum Gasteiger partial charge on any atom is 0.255 e. The van der Waals surface area contributed by atoms with E-state index >= 15 is 0 Å². The van der Waals surface area contributed by atoms with Crippen LogP contribution >= 0.6 is 34.8 Å². The summed E-state index contributed by atoms with van der Waals surface area (Å²) in [6, 6.07) is 29.4. The van der Waals surface area contributed by atoms with Gasteiger partial charge in [0.1, 0.15) is 11.9 Å². The standard InChI is InChI=1S/C25H25ClN2O2.C7H4Cl2O/c1-28-14-12-24(13-15-28)30-23-10-8-18(9-11-23)19-4-3-7-22(17-19)27-25(29)20-5-2-6-21(26)16-20;8-6-3-1-2-5(4-6)7(9)10/h2-11,16-17,24H,12-15H2,1H3,(H,27,29);1-4H. The number of anilines is 1. The lowest BCUT2D eigenvalue weighted by atomic mass is 10.0. The van der Waals surface area contributed by atoms with Crippen LogP contribution in [0.3, 0.4) is 0 Å². The van der Waals surface area contributed by atoms with E-state index in [-0.39, 0.29) is 12.0 Å². The van der Waals surface area contributed by atoms with Crippen LogP contribution in [0.2, 0.25) is 10.0 Å². The number of piperidine rings is 1. The van der Waals surface area contributed by atoms with Crippen LogP contribution in [0.25, 0.3) is 11.1 Å². The van der Waals surface area contributed by atoms with Gasteiger partial charge in [-0.3, -0.25) is 9.59 Å². The molecule has 1 fully saturated rings. The van der Waals surface area contributed by atoms with Gasteiger partial charge in [-0.25, -0.2) is 0 Å². The van der Waals surface area contributed by atoms with Gasteiger partial charge in [-0.15, -0.1) is 0 Å². The minimum absolute atomic E-state index is 0.184. The molecular formula is C32H29Cl3N2O3. The van der Waals surface area contributed by atoms with Crippen LogP contribution in [-0.2, 0) is 0 Å². The Kier molecular flexibility index (Phi) is 10.6. The predicted molar refractivity (Wildman–Crippen MR) is 164 cm³/mol. The number of hydrogen-bond acceptors (Lipinski definition) is 4. The smallest absolute Gasteiger partial charge is 0.255 e. The van der Waals surface area contributed by atoms with E-state index < -0.39 is 5.24 Å². The lowest BCUT2D eigenvalue weighted by Gasteiger charge is -2.29. The average molecular weight is 596 g/mol. The van der Waals surface area contributed by atoms with Crippen molar-refractivity contribution in [3.8, 4) is 16.9 Å². The molecule has 0 radical (unpaired) electrons. The van der Waals surface area contributed by atoms with E-state index in [0.717, 1.165) is 48.5 Å². The Labute approximate surface area is 249 Å². The number of hydrogen-bond donors (Lipinski definition) is 1. The highest BCUT2D eigenvalue weighted by Crippen LogP contribution is 2.27. The summed E-state index contributed by atoms with van der Waals surface area (Å²) in [6.45, 7) is 2.16. The second-order valence-electron chi connectivity index (χ2n) is 9.47. The van der Waals surface area contributed by atoms with Gasteiger partial charge in [0, 0.05) is 39.9 Å². The van der Waals surface area contributed by atoms with Gasteiger partial charge in [0.05, 0.1) is 0 Å². The third-order valence-corrected chi connectivity index (χ3v) is 7.10.